The van der Waals surface area contributed by atoms with Crippen LogP contribution in [0.5, 0.6) is 0 Å². The number of sulfonamides is 1. The summed E-state index contributed by atoms with van der Waals surface area (Å²) in [6.45, 7) is 5.87. The highest BCUT2D eigenvalue weighted by Gasteiger charge is 2.24. The van der Waals surface area contributed by atoms with E-state index < -0.39 is 10.0 Å². The van der Waals surface area contributed by atoms with E-state index in [2.05, 4.69) is 9.62 Å². The van der Waals surface area contributed by atoms with Crippen LogP contribution in [-0.4, -0.2) is 40.5 Å². The maximum absolute atomic E-state index is 12.6. The molecule has 1 amide bonds. The molecule has 27 heavy (non-hydrogen) atoms. The fraction of sp³-hybridized carbons (Fsp3) is 0.350. The largest absolute Gasteiger partial charge is 0.370 e. The maximum Gasteiger partial charge on any atom is 0.240 e. The van der Waals surface area contributed by atoms with Gasteiger partial charge in [0, 0.05) is 44.5 Å². The van der Waals surface area contributed by atoms with Gasteiger partial charge in [0.1, 0.15) is 0 Å². The van der Waals surface area contributed by atoms with E-state index in [-0.39, 0.29) is 10.8 Å². The van der Waals surface area contributed by atoms with Crippen molar-refractivity contribution >= 4 is 27.3 Å². The molecule has 0 saturated carbocycles. The molecule has 0 aromatic heterocycles. The first-order valence-electron chi connectivity index (χ1n) is 9.13. The van der Waals surface area contributed by atoms with Crippen molar-refractivity contribution in [1.29, 1.82) is 0 Å². The average Bonchev–Trinajstić information content (AvgIpc) is 3.09. The van der Waals surface area contributed by atoms with Gasteiger partial charge in [0.2, 0.25) is 15.9 Å². The van der Waals surface area contributed by atoms with Crippen LogP contribution in [0.4, 0.5) is 11.4 Å². The van der Waals surface area contributed by atoms with Crippen molar-refractivity contribution in [2.75, 3.05) is 36.0 Å². The Bertz CT molecular complexity index is 913. The lowest BCUT2D eigenvalue weighted by molar-refractivity contribution is -0.116. The van der Waals surface area contributed by atoms with E-state index in [1.807, 2.05) is 37.3 Å². The number of benzene rings is 2. The van der Waals surface area contributed by atoms with Crippen molar-refractivity contribution in [2.24, 2.45) is 0 Å². The molecule has 3 rings (SSSR count). The third-order valence-corrected chi connectivity index (χ3v) is 6.27. The molecule has 0 fully saturated rings. The van der Waals surface area contributed by atoms with Gasteiger partial charge in [-0.25, -0.2) is 13.1 Å². The molecule has 1 aliphatic heterocycles. The number of carbonyl (C=O) groups excluding carboxylic acids is 1. The Hall–Kier alpha value is -2.38. The van der Waals surface area contributed by atoms with Gasteiger partial charge in [-0.1, -0.05) is 18.2 Å². The Kier molecular flexibility index (Phi) is 5.82. The fourth-order valence-electron chi connectivity index (χ4n) is 3.38. The molecule has 1 aliphatic rings. The summed E-state index contributed by atoms with van der Waals surface area (Å²) in [7, 11) is -3.59. The van der Waals surface area contributed by atoms with Gasteiger partial charge in [0.25, 0.3) is 0 Å². The minimum Gasteiger partial charge on any atom is -0.370 e. The molecule has 7 heteroatoms. The molecule has 0 saturated heterocycles. The number of hydrogen-bond acceptors (Lipinski definition) is 4. The lowest BCUT2D eigenvalue weighted by atomic mass is 10.2. The fourth-order valence-corrected chi connectivity index (χ4v) is 4.45. The zero-order valence-electron chi connectivity index (χ0n) is 15.7. The normalized spacial score (nSPS) is 13.5. The smallest absolute Gasteiger partial charge is 0.240 e. The standard InChI is InChI=1S/C20H25N3O3S/c1-3-22(18-7-5-4-6-8-18)14-12-21-27(25,26)19-9-10-20-17(15-19)11-13-23(20)16(2)24/h4-10,15,21H,3,11-14H2,1-2H3. The summed E-state index contributed by atoms with van der Waals surface area (Å²) in [6.07, 6.45) is 0.676. The van der Waals surface area contributed by atoms with Crippen LogP contribution in [0.1, 0.15) is 19.4 Å². The van der Waals surface area contributed by atoms with E-state index in [0.29, 0.717) is 26.1 Å². The van der Waals surface area contributed by atoms with Gasteiger partial charge in [0.15, 0.2) is 0 Å². The second-order valence-corrected chi connectivity index (χ2v) is 8.29. The second kappa shape index (κ2) is 8.10. The van der Waals surface area contributed by atoms with Gasteiger partial charge in [-0.3, -0.25) is 4.79 Å². The molecule has 2 aromatic rings. The van der Waals surface area contributed by atoms with E-state index in [1.54, 1.807) is 23.1 Å². The molecule has 1 N–H and O–H groups in total. The van der Waals surface area contributed by atoms with Crippen molar-refractivity contribution < 1.29 is 13.2 Å². The predicted molar refractivity (Wildman–Crippen MR) is 108 cm³/mol. The molecule has 6 nitrogen and oxygen atoms in total. The number of hydrogen-bond donors (Lipinski definition) is 1. The first-order chi connectivity index (χ1) is 12.9. The van der Waals surface area contributed by atoms with Gasteiger partial charge in [-0.15, -0.1) is 0 Å². The van der Waals surface area contributed by atoms with Gasteiger partial charge in [-0.2, -0.15) is 0 Å². The summed E-state index contributed by atoms with van der Waals surface area (Å²) in [5.74, 6) is -0.0250. The summed E-state index contributed by atoms with van der Waals surface area (Å²) in [4.78, 5) is 15.7. The monoisotopic (exact) mass is 387 g/mol. The number of likely N-dealkylation sites (N-methyl/N-ethyl adjacent to an activating group) is 1. The molecule has 0 radical (unpaired) electrons. The number of nitrogens with zero attached hydrogens (tertiary/aromatic N) is 2. The highest BCUT2D eigenvalue weighted by Crippen LogP contribution is 2.30. The number of rotatable bonds is 7. The van der Waals surface area contributed by atoms with Gasteiger partial charge in [0.05, 0.1) is 4.90 Å². The van der Waals surface area contributed by atoms with E-state index >= 15 is 0 Å². The van der Waals surface area contributed by atoms with Crippen LogP contribution in [-0.2, 0) is 21.2 Å². The first-order valence-corrected chi connectivity index (χ1v) is 10.6. The van der Waals surface area contributed by atoms with Crippen molar-refractivity contribution in [2.45, 2.75) is 25.2 Å². The summed E-state index contributed by atoms with van der Waals surface area (Å²) in [5, 5.41) is 0. The Balaban J connectivity index is 1.66. The van der Waals surface area contributed by atoms with Crippen LogP contribution >= 0.6 is 0 Å². The van der Waals surface area contributed by atoms with E-state index in [9.17, 15) is 13.2 Å². The summed E-state index contributed by atoms with van der Waals surface area (Å²) in [5.41, 5.74) is 2.77. The van der Waals surface area contributed by atoms with Crippen molar-refractivity contribution in [1.82, 2.24) is 4.72 Å². The molecule has 144 valence electrons. The molecule has 2 aromatic carbocycles. The van der Waals surface area contributed by atoms with Crippen LogP contribution < -0.4 is 14.5 Å². The van der Waals surface area contributed by atoms with Crippen LogP contribution in [0, 0.1) is 0 Å². The Labute approximate surface area is 160 Å². The first kappa shape index (κ1) is 19.4. The highest BCUT2D eigenvalue weighted by atomic mass is 32.2. The summed E-state index contributed by atoms with van der Waals surface area (Å²) in [6, 6.07) is 14.9. The summed E-state index contributed by atoms with van der Waals surface area (Å²) >= 11 is 0. The van der Waals surface area contributed by atoms with E-state index in [1.165, 1.54) is 6.92 Å². The predicted octanol–water partition coefficient (Wildman–Crippen LogP) is 2.40. The molecular formula is C20H25N3O3S. The molecular weight excluding hydrogens is 362 g/mol. The Morgan fingerprint density at radius 3 is 2.59 bits per heavy atom. The number of nitrogens with one attached hydrogen (secondary N) is 1. The zero-order valence-corrected chi connectivity index (χ0v) is 16.5. The molecule has 0 atom stereocenters. The summed E-state index contributed by atoms with van der Waals surface area (Å²) < 4.78 is 28.0. The van der Waals surface area contributed by atoms with E-state index in [0.717, 1.165) is 23.5 Å². The minimum absolute atomic E-state index is 0.0250. The number of amides is 1. The number of fused-ring (bicyclic) bond motifs is 1. The van der Waals surface area contributed by atoms with Crippen molar-refractivity contribution in [3.63, 3.8) is 0 Å². The van der Waals surface area contributed by atoms with Crippen molar-refractivity contribution in [3.05, 3.63) is 54.1 Å². The lowest BCUT2D eigenvalue weighted by Gasteiger charge is -2.23. The lowest BCUT2D eigenvalue weighted by Crippen LogP contribution is -2.35. The van der Waals surface area contributed by atoms with E-state index in [4.69, 9.17) is 0 Å². The second-order valence-electron chi connectivity index (χ2n) is 6.52. The number of para-hydroxylation sites is 1. The highest BCUT2D eigenvalue weighted by molar-refractivity contribution is 7.89. The van der Waals surface area contributed by atoms with Crippen LogP contribution in [0.3, 0.4) is 0 Å². The molecule has 1 heterocycles. The zero-order chi connectivity index (χ0) is 19.4. The van der Waals surface area contributed by atoms with Gasteiger partial charge >= 0.3 is 0 Å². The SMILES string of the molecule is CCN(CCNS(=O)(=O)c1ccc2c(c1)CCN2C(C)=O)c1ccccc1. The van der Waals surface area contributed by atoms with Crippen LogP contribution in [0.15, 0.2) is 53.4 Å². The number of anilines is 2. The topological polar surface area (TPSA) is 69.7 Å². The molecule has 0 unspecified atom stereocenters. The maximum atomic E-state index is 12.6. The number of carbonyl (C=O) groups is 1. The van der Waals surface area contributed by atoms with Crippen molar-refractivity contribution in [3.8, 4) is 0 Å². The minimum atomic E-state index is -3.59. The van der Waals surface area contributed by atoms with Gasteiger partial charge < -0.3 is 9.80 Å². The Morgan fingerprint density at radius 1 is 1.19 bits per heavy atom. The third kappa shape index (κ3) is 4.31. The molecule has 0 spiro atoms. The van der Waals surface area contributed by atoms with Crippen LogP contribution in [0.25, 0.3) is 0 Å². The Morgan fingerprint density at radius 2 is 1.93 bits per heavy atom. The third-order valence-electron chi connectivity index (χ3n) is 4.81. The quantitative estimate of drug-likeness (QED) is 0.792. The average molecular weight is 388 g/mol. The van der Waals surface area contributed by atoms with Gasteiger partial charge in [-0.05, 0) is 49.2 Å². The molecule has 0 aliphatic carbocycles. The van der Waals surface area contributed by atoms with Crippen LogP contribution in [0.2, 0.25) is 0 Å². The molecule has 0 bridgehead atoms.